The number of hydrogen-bond donors (Lipinski definition) is 2. The van der Waals surface area contributed by atoms with E-state index in [0.717, 1.165) is 25.7 Å². The van der Waals surface area contributed by atoms with Crippen molar-refractivity contribution >= 4 is 11.7 Å². The first-order chi connectivity index (χ1) is 15.0. The van der Waals surface area contributed by atoms with Crippen LogP contribution in [-0.2, 0) is 16.1 Å². The second-order valence-corrected chi connectivity index (χ2v) is 7.50. The van der Waals surface area contributed by atoms with E-state index in [9.17, 15) is 14.9 Å². The molecule has 13 heteroatoms. The first kappa shape index (κ1) is 20.9. The number of nitrogens with zero attached hydrogens (tertiary/aromatic N) is 5. The van der Waals surface area contributed by atoms with Gasteiger partial charge in [0.15, 0.2) is 17.3 Å². The van der Waals surface area contributed by atoms with Crippen molar-refractivity contribution in [3.63, 3.8) is 0 Å². The van der Waals surface area contributed by atoms with Crippen molar-refractivity contribution in [1.29, 1.82) is 0 Å². The maximum atomic E-state index is 11.9. The van der Waals surface area contributed by atoms with Crippen LogP contribution in [0.2, 0.25) is 0 Å². The van der Waals surface area contributed by atoms with Crippen LogP contribution in [0.1, 0.15) is 43.1 Å². The summed E-state index contributed by atoms with van der Waals surface area (Å²) in [6, 6.07) is 2.30. The highest BCUT2D eigenvalue weighted by atomic mass is 16.7. The molecule has 0 saturated heterocycles. The van der Waals surface area contributed by atoms with Crippen molar-refractivity contribution in [1.82, 2.24) is 25.5 Å². The third kappa shape index (κ3) is 4.41. The Labute approximate surface area is 177 Å². The Morgan fingerprint density at radius 1 is 1.35 bits per heavy atom. The molecule has 3 N–H and O–H groups in total. The summed E-state index contributed by atoms with van der Waals surface area (Å²) in [7, 11) is 1.26. The molecule has 1 atom stereocenters. The number of carbonyl (C=O) groups is 1. The number of nitrogens with one attached hydrogen (secondary N) is 1. The number of nitrogens with two attached hydrogens (primary N) is 1. The molecule has 2 aliphatic rings. The molecule has 1 fully saturated rings. The van der Waals surface area contributed by atoms with Crippen molar-refractivity contribution < 1.29 is 23.9 Å². The van der Waals surface area contributed by atoms with Crippen LogP contribution >= 0.6 is 0 Å². The van der Waals surface area contributed by atoms with Crippen LogP contribution in [0.15, 0.2) is 12.1 Å². The summed E-state index contributed by atoms with van der Waals surface area (Å²) in [5.41, 5.74) is 6.16. The highest BCUT2D eigenvalue weighted by Crippen LogP contribution is 2.41. The lowest BCUT2D eigenvalue weighted by molar-refractivity contribution is -0.385. The highest BCUT2D eigenvalue weighted by molar-refractivity contribution is 5.69. The SMILES string of the molecule is COC(=O)Cn1nnnc1C(NC1CCC(N)CC1)c1cc2c(cc1[N+](=O)[O-])OCO2. The molecule has 0 radical (unpaired) electrons. The highest BCUT2D eigenvalue weighted by Gasteiger charge is 2.34. The van der Waals surface area contributed by atoms with E-state index >= 15 is 0 Å². The van der Waals surface area contributed by atoms with Crippen molar-refractivity contribution in [2.75, 3.05) is 13.9 Å². The lowest BCUT2D eigenvalue weighted by Crippen LogP contribution is -2.40. The van der Waals surface area contributed by atoms with Gasteiger partial charge in [-0.1, -0.05) is 0 Å². The Balaban J connectivity index is 1.76. The van der Waals surface area contributed by atoms with Gasteiger partial charge >= 0.3 is 5.97 Å². The predicted octanol–water partition coefficient (Wildman–Crippen LogP) is 0.432. The van der Waals surface area contributed by atoms with Crippen LogP contribution in [0.3, 0.4) is 0 Å². The number of esters is 1. The lowest BCUT2D eigenvalue weighted by Gasteiger charge is -2.30. The molecule has 2 aromatic rings. The number of aromatic nitrogens is 4. The molecule has 0 spiro atoms. The van der Waals surface area contributed by atoms with Gasteiger partial charge in [-0.3, -0.25) is 14.9 Å². The third-order valence-corrected chi connectivity index (χ3v) is 5.53. The van der Waals surface area contributed by atoms with Gasteiger partial charge in [0.2, 0.25) is 6.79 Å². The molecule has 1 aliphatic heterocycles. The van der Waals surface area contributed by atoms with Crippen molar-refractivity contribution in [2.24, 2.45) is 5.73 Å². The predicted molar refractivity (Wildman–Crippen MR) is 104 cm³/mol. The van der Waals surface area contributed by atoms with Gasteiger partial charge in [-0.15, -0.1) is 5.10 Å². The van der Waals surface area contributed by atoms with Gasteiger partial charge in [-0.05, 0) is 42.2 Å². The summed E-state index contributed by atoms with van der Waals surface area (Å²) in [5, 5.41) is 26.9. The molecule has 0 bridgehead atoms. The standard InChI is InChI=1S/C18H23N7O6/c1-29-16(26)8-24-18(21-22-23-24)17(20-11-4-2-10(19)3-5-11)12-6-14-15(31-9-30-14)7-13(12)25(27)28/h6-7,10-11,17,20H,2-5,8-9,19H2,1H3. The maximum Gasteiger partial charge on any atom is 0.327 e. The lowest BCUT2D eigenvalue weighted by atomic mass is 9.90. The average molecular weight is 433 g/mol. The number of nitro benzene ring substituents is 1. The molecular weight excluding hydrogens is 410 g/mol. The van der Waals surface area contributed by atoms with Crippen LogP contribution in [-0.4, -0.2) is 57.1 Å². The van der Waals surface area contributed by atoms with E-state index in [1.165, 1.54) is 17.9 Å². The molecule has 166 valence electrons. The smallest absolute Gasteiger partial charge is 0.327 e. The minimum absolute atomic E-state index is 0.0192. The Hall–Kier alpha value is -3.32. The van der Waals surface area contributed by atoms with Crippen LogP contribution < -0.4 is 20.5 Å². The molecule has 2 heterocycles. The largest absolute Gasteiger partial charge is 0.468 e. The van der Waals surface area contributed by atoms with Gasteiger partial charge < -0.3 is 25.3 Å². The normalized spacial score (nSPS) is 21.0. The first-order valence-corrected chi connectivity index (χ1v) is 9.88. The number of rotatable bonds is 7. The number of carbonyl (C=O) groups excluding carboxylic acids is 1. The monoisotopic (exact) mass is 433 g/mol. The molecule has 31 heavy (non-hydrogen) atoms. The van der Waals surface area contributed by atoms with Gasteiger partial charge in [0, 0.05) is 12.1 Å². The second kappa shape index (κ2) is 8.81. The number of hydrogen-bond acceptors (Lipinski definition) is 11. The number of nitro groups is 1. The Morgan fingerprint density at radius 2 is 2.06 bits per heavy atom. The molecule has 1 aliphatic carbocycles. The molecule has 1 aromatic heterocycles. The van der Waals surface area contributed by atoms with E-state index < -0.39 is 16.9 Å². The minimum atomic E-state index is -0.770. The zero-order valence-electron chi connectivity index (χ0n) is 16.9. The molecule has 4 rings (SSSR count). The zero-order chi connectivity index (χ0) is 22.0. The van der Waals surface area contributed by atoms with Crippen molar-refractivity contribution in [3.05, 3.63) is 33.6 Å². The Morgan fingerprint density at radius 3 is 2.74 bits per heavy atom. The zero-order valence-corrected chi connectivity index (χ0v) is 16.9. The minimum Gasteiger partial charge on any atom is -0.468 e. The van der Waals surface area contributed by atoms with E-state index in [-0.39, 0.29) is 36.9 Å². The first-order valence-electron chi connectivity index (χ1n) is 9.88. The number of tetrazole rings is 1. The topological polar surface area (TPSA) is 170 Å². The Kier molecular flexibility index (Phi) is 5.95. The summed E-state index contributed by atoms with van der Waals surface area (Å²) in [5.74, 6) is 0.399. The van der Waals surface area contributed by atoms with Crippen LogP contribution in [0.25, 0.3) is 0 Å². The molecule has 1 saturated carbocycles. The second-order valence-electron chi connectivity index (χ2n) is 7.50. The van der Waals surface area contributed by atoms with E-state index in [1.807, 2.05) is 0 Å². The number of ether oxygens (including phenoxy) is 3. The molecule has 13 nitrogen and oxygen atoms in total. The fraction of sp³-hybridized carbons (Fsp3) is 0.556. The van der Waals surface area contributed by atoms with Crippen LogP contribution in [0.5, 0.6) is 11.5 Å². The maximum absolute atomic E-state index is 11.9. The van der Waals surface area contributed by atoms with E-state index in [4.69, 9.17) is 19.9 Å². The van der Waals surface area contributed by atoms with Crippen LogP contribution in [0.4, 0.5) is 5.69 Å². The summed E-state index contributed by atoms with van der Waals surface area (Å²) in [6.45, 7) is -0.250. The van der Waals surface area contributed by atoms with E-state index in [1.54, 1.807) is 6.07 Å². The van der Waals surface area contributed by atoms with Gasteiger partial charge in [0.1, 0.15) is 12.6 Å². The Bertz CT molecular complexity index is 972. The fourth-order valence-electron chi connectivity index (χ4n) is 3.88. The summed E-state index contributed by atoms with van der Waals surface area (Å²) < 4.78 is 16.7. The van der Waals surface area contributed by atoms with E-state index in [2.05, 4.69) is 20.8 Å². The van der Waals surface area contributed by atoms with Gasteiger partial charge in [0.05, 0.1) is 23.7 Å². The molecule has 1 aromatic carbocycles. The van der Waals surface area contributed by atoms with Crippen molar-refractivity contribution in [3.8, 4) is 11.5 Å². The van der Waals surface area contributed by atoms with Gasteiger partial charge in [-0.2, -0.15) is 0 Å². The average Bonchev–Trinajstić information content (AvgIpc) is 3.41. The summed E-state index contributed by atoms with van der Waals surface area (Å²) >= 11 is 0. The van der Waals surface area contributed by atoms with Gasteiger partial charge in [-0.25, -0.2) is 4.68 Å². The van der Waals surface area contributed by atoms with Gasteiger partial charge in [0.25, 0.3) is 5.69 Å². The van der Waals surface area contributed by atoms with Crippen molar-refractivity contribution in [2.45, 2.75) is 50.4 Å². The fourth-order valence-corrected chi connectivity index (χ4v) is 3.88. The number of fused-ring (bicyclic) bond motifs is 1. The number of methoxy groups -OCH3 is 1. The van der Waals surface area contributed by atoms with E-state index in [0.29, 0.717) is 17.1 Å². The molecule has 0 amide bonds. The van der Waals surface area contributed by atoms with Crippen LogP contribution in [0, 0.1) is 10.1 Å². The summed E-state index contributed by atoms with van der Waals surface area (Å²) in [6.07, 6.45) is 3.27. The quantitative estimate of drug-likeness (QED) is 0.352. The summed E-state index contributed by atoms with van der Waals surface area (Å²) in [4.78, 5) is 23.2. The molecule has 1 unspecified atom stereocenters. The number of benzene rings is 1. The molecular formula is C18H23N7O6. The third-order valence-electron chi connectivity index (χ3n) is 5.53.